The summed E-state index contributed by atoms with van der Waals surface area (Å²) < 4.78 is 10.1. The molecule has 0 aromatic carbocycles. The number of carboxylic acid groups (broad SMARTS) is 1. The second kappa shape index (κ2) is 2.85. The van der Waals surface area contributed by atoms with Gasteiger partial charge in [-0.1, -0.05) is 0 Å². The number of carboxylic acids is 1. The van der Waals surface area contributed by atoms with Crippen molar-refractivity contribution in [2.75, 3.05) is 7.11 Å². The molecule has 1 heterocycles. The first-order valence-corrected chi connectivity index (χ1v) is 3.94. The van der Waals surface area contributed by atoms with Crippen molar-refractivity contribution in [2.24, 2.45) is 0 Å². The highest BCUT2D eigenvalue weighted by atomic mass is 16.5. The minimum Gasteiger partial charge on any atom is -0.476 e. The van der Waals surface area contributed by atoms with E-state index in [0.717, 1.165) is 12.7 Å². The summed E-state index contributed by atoms with van der Waals surface area (Å²) in [7, 11) is 1.62. The van der Waals surface area contributed by atoms with Crippen molar-refractivity contribution in [1.82, 2.24) is 4.98 Å². The fourth-order valence-electron chi connectivity index (χ4n) is 1.25. The molecule has 0 saturated heterocycles. The summed E-state index contributed by atoms with van der Waals surface area (Å²) in [4.78, 5) is 14.3. The quantitative estimate of drug-likeness (QED) is 0.752. The van der Waals surface area contributed by atoms with E-state index in [4.69, 9.17) is 14.3 Å². The van der Waals surface area contributed by atoms with Crippen LogP contribution < -0.4 is 0 Å². The highest BCUT2D eigenvalue weighted by Gasteiger charge is 2.42. The van der Waals surface area contributed by atoms with Crippen LogP contribution in [-0.4, -0.2) is 29.3 Å². The predicted molar refractivity (Wildman–Crippen MR) is 41.6 cm³/mol. The zero-order chi connectivity index (χ0) is 9.42. The topological polar surface area (TPSA) is 72.6 Å². The maximum Gasteiger partial charge on any atom is 0.357 e. The molecule has 1 fully saturated rings. The largest absolute Gasteiger partial charge is 0.476 e. The normalized spacial score (nSPS) is 25.9. The third-order valence-electron chi connectivity index (χ3n) is 2.09. The lowest BCUT2D eigenvalue weighted by Crippen LogP contribution is -1.97. The van der Waals surface area contributed by atoms with Crippen LogP contribution in [0.4, 0.5) is 0 Å². The monoisotopic (exact) mass is 183 g/mol. The van der Waals surface area contributed by atoms with Gasteiger partial charge in [0.1, 0.15) is 6.26 Å². The molecule has 1 saturated carbocycles. The number of ether oxygens (including phenoxy) is 1. The highest BCUT2D eigenvalue weighted by molar-refractivity contribution is 5.84. The SMILES string of the molecule is COC1CC1c1nc(C(=O)O)co1. The molecular weight excluding hydrogens is 174 g/mol. The second-order valence-electron chi connectivity index (χ2n) is 2.99. The molecule has 0 spiro atoms. The molecule has 2 rings (SSSR count). The smallest absolute Gasteiger partial charge is 0.357 e. The molecule has 13 heavy (non-hydrogen) atoms. The van der Waals surface area contributed by atoms with Crippen molar-refractivity contribution in [1.29, 1.82) is 0 Å². The number of aromatic carboxylic acids is 1. The van der Waals surface area contributed by atoms with Crippen molar-refractivity contribution >= 4 is 5.97 Å². The predicted octanol–water partition coefficient (Wildman–Crippen LogP) is 0.875. The summed E-state index contributed by atoms with van der Waals surface area (Å²) in [6, 6.07) is 0. The number of nitrogens with zero attached hydrogens (tertiary/aromatic N) is 1. The Labute approximate surface area is 74.3 Å². The minimum absolute atomic E-state index is 0.0447. The molecule has 2 atom stereocenters. The number of carbonyl (C=O) groups is 1. The van der Waals surface area contributed by atoms with Gasteiger partial charge in [0.15, 0.2) is 5.69 Å². The lowest BCUT2D eigenvalue weighted by atomic mass is 10.4. The molecule has 5 heteroatoms. The van der Waals surface area contributed by atoms with Crippen LogP contribution in [0.5, 0.6) is 0 Å². The van der Waals surface area contributed by atoms with Gasteiger partial charge >= 0.3 is 5.97 Å². The van der Waals surface area contributed by atoms with Crippen LogP contribution in [0.1, 0.15) is 28.7 Å². The van der Waals surface area contributed by atoms with Crippen molar-refractivity contribution in [2.45, 2.75) is 18.4 Å². The Bertz CT molecular complexity index is 333. The van der Waals surface area contributed by atoms with Crippen molar-refractivity contribution in [3.8, 4) is 0 Å². The molecule has 5 nitrogen and oxygen atoms in total. The second-order valence-corrected chi connectivity index (χ2v) is 2.99. The molecule has 2 unspecified atom stereocenters. The molecule has 0 amide bonds. The van der Waals surface area contributed by atoms with Crippen molar-refractivity contribution in [3.63, 3.8) is 0 Å². The van der Waals surface area contributed by atoms with Crippen LogP contribution in [0.15, 0.2) is 10.7 Å². The number of rotatable bonds is 3. The standard InChI is InChI=1S/C8H9NO4/c1-12-6-2-4(6)7-9-5(3-13-7)8(10)11/h3-4,6H,2H2,1H3,(H,10,11). The molecule has 1 aliphatic rings. The zero-order valence-electron chi connectivity index (χ0n) is 7.06. The molecule has 0 radical (unpaired) electrons. The summed E-state index contributed by atoms with van der Waals surface area (Å²) in [6.45, 7) is 0. The number of oxazole rings is 1. The first-order valence-electron chi connectivity index (χ1n) is 3.94. The lowest BCUT2D eigenvalue weighted by Gasteiger charge is -1.90. The maximum atomic E-state index is 10.5. The Morgan fingerprint density at radius 1 is 1.85 bits per heavy atom. The first kappa shape index (κ1) is 8.25. The maximum absolute atomic E-state index is 10.5. The van der Waals surface area contributed by atoms with Gasteiger partial charge in [0.05, 0.1) is 12.0 Å². The van der Waals surface area contributed by atoms with Gasteiger partial charge in [0.25, 0.3) is 0 Å². The van der Waals surface area contributed by atoms with Crippen molar-refractivity contribution < 1.29 is 19.1 Å². The third kappa shape index (κ3) is 1.42. The molecule has 70 valence electrons. The Hall–Kier alpha value is -1.36. The van der Waals surface area contributed by atoms with Gasteiger partial charge in [0, 0.05) is 7.11 Å². The van der Waals surface area contributed by atoms with E-state index in [0.29, 0.717) is 5.89 Å². The zero-order valence-corrected chi connectivity index (χ0v) is 7.06. The fourth-order valence-corrected chi connectivity index (χ4v) is 1.25. The summed E-state index contributed by atoms with van der Waals surface area (Å²) >= 11 is 0. The van der Waals surface area contributed by atoms with Gasteiger partial charge in [0.2, 0.25) is 5.89 Å². The summed E-state index contributed by atoms with van der Waals surface area (Å²) in [5.41, 5.74) is -0.0447. The Kier molecular flexibility index (Phi) is 1.81. The Morgan fingerprint density at radius 2 is 2.62 bits per heavy atom. The van der Waals surface area contributed by atoms with E-state index in [9.17, 15) is 4.79 Å². The molecule has 1 aromatic rings. The highest BCUT2D eigenvalue weighted by Crippen LogP contribution is 2.42. The summed E-state index contributed by atoms with van der Waals surface area (Å²) in [5, 5.41) is 8.57. The van der Waals surface area contributed by atoms with Gasteiger partial charge in [-0.25, -0.2) is 9.78 Å². The number of hydrogen-bond acceptors (Lipinski definition) is 4. The molecule has 1 N–H and O–H groups in total. The number of hydrogen-bond donors (Lipinski definition) is 1. The van der Waals surface area contributed by atoms with E-state index in [1.165, 1.54) is 0 Å². The fraction of sp³-hybridized carbons (Fsp3) is 0.500. The van der Waals surface area contributed by atoms with Gasteiger partial charge in [-0.05, 0) is 6.42 Å². The van der Waals surface area contributed by atoms with Crippen LogP contribution >= 0.6 is 0 Å². The van der Waals surface area contributed by atoms with Crippen molar-refractivity contribution in [3.05, 3.63) is 17.8 Å². The summed E-state index contributed by atoms with van der Waals surface area (Å²) in [6.07, 6.45) is 2.15. The van der Waals surface area contributed by atoms with Crippen LogP contribution in [-0.2, 0) is 4.74 Å². The molecular formula is C8H9NO4. The van der Waals surface area contributed by atoms with E-state index < -0.39 is 5.97 Å². The lowest BCUT2D eigenvalue weighted by molar-refractivity contribution is 0.0690. The summed E-state index contributed by atoms with van der Waals surface area (Å²) in [5.74, 6) is -0.466. The van der Waals surface area contributed by atoms with Gasteiger partial charge in [-0.2, -0.15) is 0 Å². The van der Waals surface area contributed by atoms with E-state index in [-0.39, 0.29) is 17.7 Å². The molecule has 1 aliphatic carbocycles. The van der Waals surface area contributed by atoms with Gasteiger partial charge in [-0.15, -0.1) is 0 Å². The molecule has 1 aromatic heterocycles. The Balaban J connectivity index is 2.11. The Morgan fingerprint density at radius 3 is 3.08 bits per heavy atom. The average molecular weight is 183 g/mol. The minimum atomic E-state index is -1.07. The molecule has 0 bridgehead atoms. The molecule has 0 aliphatic heterocycles. The first-order chi connectivity index (χ1) is 6.22. The number of methoxy groups -OCH3 is 1. The van der Waals surface area contributed by atoms with E-state index >= 15 is 0 Å². The van der Waals surface area contributed by atoms with E-state index in [1.807, 2.05) is 0 Å². The van der Waals surface area contributed by atoms with Gasteiger partial charge < -0.3 is 14.3 Å². The van der Waals surface area contributed by atoms with Crippen LogP contribution in [0.3, 0.4) is 0 Å². The van der Waals surface area contributed by atoms with Crippen LogP contribution in [0.25, 0.3) is 0 Å². The van der Waals surface area contributed by atoms with E-state index in [1.54, 1.807) is 7.11 Å². The van der Waals surface area contributed by atoms with Crippen LogP contribution in [0, 0.1) is 0 Å². The van der Waals surface area contributed by atoms with E-state index in [2.05, 4.69) is 4.98 Å². The van der Waals surface area contributed by atoms with Gasteiger partial charge in [-0.3, -0.25) is 0 Å². The third-order valence-corrected chi connectivity index (χ3v) is 2.09. The average Bonchev–Trinajstić information content (AvgIpc) is 2.73. The number of aromatic nitrogens is 1. The van der Waals surface area contributed by atoms with Crippen LogP contribution in [0.2, 0.25) is 0 Å².